The normalized spacial score (nSPS) is 14.9. The molecule has 0 bridgehead atoms. The number of quaternary nitrogens is 1. The van der Waals surface area contributed by atoms with Gasteiger partial charge in [0.1, 0.15) is 13.2 Å². The Balaban J connectivity index is 4.71. The van der Waals surface area contributed by atoms with Gasteiger partial charge in [-0.1, -0.05) is 13.8 Å². The van der Waals surface area contributed by atoms with E-state index < -0.39 is 20.9 Å². The van der Waals surface area contributed by atoms with Gasteiger partial charge in [0, 0.05) is 6.42 Å². The van der Waals surface area contributed by atoms with Crippen LogP contribution in [0.15, 0.2) is 0 Å². The number of hydrogen-bond acceptors (Lipinski definition) is 6. The maximum absolute atomic E-state index is 12.6. The minimum absolute atomic E-state index is 0.185. The first kappa shape index (κ1) is 27.8. The highest BCUT2D eigenvalue weighted by atomic mass is 32.2. The van der Waals surface area contributed by atoms with E-state index in [1.807, 2.05) is 34.9 Å². The quantitative estimate of drug-likeness (QED) is 0.252. The first-order valence-corrected chi connectivity index (χ1v) is 11.8. The molecule has 0 aromatic heterocycles. The Hall–Kier alpha value is -1.19. The predicted molar refractivity (Wildman–Crippen MR) is 112 cm³/mol. The van der Waals surface area contributed by atoms with Crippen molar-refractivity contribution in [1.29, 1.82) is 0 Å². The highest BCUT2D eigenvalue weighted by Crippen LogP contribution is 2.38. The molecule has 1 unspecified atom stereocenters. The average molecular weight is 439 g/mol. The van der Waals surface area contributed by atoms with Crippen molar-refractivity contribution in [2.75, 3.05) is 46.2 Å². The molecule has 0 saturated heterocycles. The third-order valence-electron chi connectivity index (χ3n) is 5.19. The van der Waals surface area contributed by atoms with Crippen LogP contribution in [0, 0.1) is 10.8 Å². The average Bonchev–Trinajstić information content (AvgIpc) is 2.57. The fourth-order valence-corrected chi connectivity index (χ4v) is 3.62. The van der Waals surface area contributed by atoms with Crippen LogP contribution in [0.1, 0.15) is 60.3 Å². The lowest BCUT2D eigenvalue weighted by atomic mass is 9.72. The summed E-state index contributed by atoms with van der Waals surface area (Å²) in [6, 6.07) is 0. The molecule has 8 nitrogen and oxygen atoms in total. The zero-order chi connectivity index (χ0) is 22.9. The van der Waals surface area contributed by atoms with E-state index in [-0.39, 0.29) is 24.3 Å². The van der Waals surface area contributed by atoms with Gasteiger partial charge >= 0.3 is 11.9 Å². The maximum Gasteiger partial charge on any atom is 0.311 e. The lowest BCUT2D eigenvalue weighted by molar-refractivity contribution is -0.890. The summed E-state index contributed by atoms with van der Waals surface area (Å²) in [6.07, 6.45) is 1.95. The number of nitrogens with zero attached hydrogens (tertiary/aromatic N) is 1. The Morgan fingerprint density at radius 2 is 1.52 bits per heavy atom. The standard InChI is InChI=1S/C20H39NO7S/c1-8-13-27-18(23)20(5,9-2)16-19(3,4)17(22)28-14-12-21(6,7)11-10-15-29(24,25)26/h8-16H2,1-7H3/p+1. The number of ether oxygens (including phenoxy) is 2. The van der Waals surface area contributed by atoms with Crippen molar-refractivity contribution in [2.45, 2.75) is 60.3 Å². The van der Waals surface area contributed by atoms with E-state index in [9.17, 15) is 18.0 Å². The highest BCUT2D eigenvalue weighted by molar-refractivity contribution is 7.85. The first-order valence-electron chi connectivity index (χ1n) is 10.2. The molecule has 0 amide bonds. The molecule has 0 radical (unpaired) electrons. The smallest absolute Gasteiger partial charge is 0.311 e. The molecule has 0 spiro atoms. The van der Waals surface area contributed by atoms with E-state index in [1.165, 1.54) is 0 Å². The van der Waals surface area contributed by atoms with Gasteiger partial charge in [0.15, 0.2) is 0 Å². The summed E-state index contributed by atoms with van der Waals surface area (Å²) in [5.41, 5.74) is -1.61. The number of likely N-dealkylation sites (N-methyl/N-ethyl adjacent to an activating group) is 1. The number of esters is 2. The predicted octanol–water partition coefficient (Wildman–Crippen LogP) is 2.67. The van der Waals surface area contributed by atoms with Crippen molar-refractivity contribution >= 4 is 22.1 Å². The van der Waals surface area contributed by atoms with Gasteiger partial charge in [0.05, 0.1) is 43.8 Å². The fraction of sp³-hybridized carbons (Fsp3) is 0.900. The summed E-state index contributed by atoms with van der Waals surface area (Å²) in [5, 5.41) is 0. The van der Waals surface area contributed by atoms with Gasteiger partial charge in [-0.25, -0.2) is 0 Å². The van der Waals surface area contributed by atoms with Crippen LogP contribution < -0.4 is 0 Å². The summed E-state index contributed by atoms with van der Waals surface area (Å²) < 4.78 is 41.7. The van der Waals surface area contributed by atoms with Gasteiger partial charge < -0.3 is 14.0 Å². The zero-order valence-electron chi connectivity index (χ0n) is 19.1. The van der Waals surface area contributed by atoms with Crippen molar-refractivity contribution in [1.82, 2.24) is 0 Å². The molecule has 0 aliphatic carbocycles. The van der Waals surface area contributed by atoms with E-state index in [4.69, 9.17) is 14.0 Å². The van der Waals surface area contributed by atoms with Crippen molar-refractivity contribution in [3.8, 4) is 0 Å². The molecule has 0 aliphatic rings. The van der Waals surface area contributed by atoms with E-state index in [2.05, 4.69) is 0 Å². The van der Waals surface area contributed by atoms with Crippen LogP contribution in [0.5, 0.6) is 0 Å². The fourth-order valence-electron chi connectivity index (χ4n) is 3.13. The summed E-state index contributed by atoms with van der Waals surface area (Å²) in [6.45, 7) is 10.8. The molecule has 0 rings (SSSR count). The van der Waals surface area contributed by atoms with E-state index in [1.54, 1.807) is 13.8 Å². The van der Waals surface area contributed by atoms with Crippen LogP contribution in [0.25, 0.3) is 0 Å². The summed E-state index contributed by atoms with van der Waals surface area (Å²) in [5.74, 6) is -0.955. The van der Waals surface area contributed by atoms with Gasteiger partial charge in [-0.2, -0.15) is 8.42 Å². The molecule has 172 valence electrons. The highest BCUT2D eigenvalue weighted by Gasteiger charge is 2.43. The Kier molecular flexibility index (Phi) is 10.8. The monoisotopic (exact) mass is 438 g/mol. The number of carbonyl (C=O) groups is 2. The van der Waals surface area contributed by atoms with Gasteiger partial charge in [0.2, 0.25) is 0 Å². The van der Waals surface area contributed by atoms with Gasteiger partial charge in [-0.05, 0) is 40.0 Å². The lowest BCUT2D eigenvalue weighted by Gasteiger charge is -2.34. The van der Waals surface area contributed by atoms with Crippen LogP contribution in [0.4, 0.5) is 0 Å². The van der Waals surface area contributed by atoms with Crippen LogP contribution >= 0.6 is 0 Å². The topological polar surface area (TPSA) is 107 Å². The van der Waals surface area contributed by atoms with Crippen LogP contribution in [0.3, 0.4) is 0 Å². The third kappa shape index (κ3) is 11.0. The van der Waals surface area contributed by atoms with Gasteiger partial charge in [-0.15, -0.1) is 0 Å². The zero-order valence-corrected chi connectivity index (χ0v) is 19.9. The summed E-state index contributed by atoms with van der Waals surface area (Å²) in [4.78, 5) is 25.1. The Morgan fingerprint density at radius 3 is 2.00 bits per heavy atom. The van der Waals surface area contributed by atoms with Crippen LogP contribution in [0.2, 0.25) is 0 Å². The lowest BCUT2D eigenvalue weighted by Crippen LogP contribution is -2.44. The number of hydrogen-bond donors (Lipinski definition) is 1. The van der Waals surface area contributed by atoms with E-state index >= 15 is 0 Å². The van der Waals surface area contributed by atoms with Crippen LogP contribution in [-0.4, -0.2) is 75.5 Å². The van der Waals surface area contributed by atoms with Gasteiger partial charge in [0.25, 0.3) is 10.1 Å². The molecule has 9 heteroatoms. The molecule has 0 aromatic rings. The number of carbonyl (C=O) groups excluding carboxylic acids is 2. The molecular formula is C20H40NO7S+. The summed E-state index contributed by atoms with van der Waals surface area (Å²) >= 11 is 0. The largest absolute Gasteiger partial charge is 0.465 e. The van der Waals surface area contributed by atoms with Crippen LogP contribution in [-0.2, 0) is 29.2 Å². The third-order valence-corrected chi connectivity index (χ3v) is 6.00. The molecule has 0 saturated carbocycles. The SMILES string of the molecule is CCCOC(=O)C(C)(CC)CC(C)(C)C(=O)OCC[N+](C)(C)CCCS(=O)(=O)O. The van der Waals surface area contributed by atoms with Crippen molar-refractivity contribution < 1.29 is 36.5 Å². The molecule has 1 N–H and O–H groups in total. The minimum Gasteiger partial charge on any atom is -0.465 e. The van der Waals surface area contributed by atoms with Crippen molar-refractivity contribution in [3.63, 3.8) is 0 Å². The Morgan fingerprint density at radius 1 is 0.966 bits per heavy atom. The van der Waals surface area contributed by atoms with Gasteiger partial charge in [-0.3, -0.25) is 14.1 Å². The molecule has 0 aliphatic heterocycles. The number of rotatable bonds is 14. The molecular weight excluding hydrogens is 398 g/mol. The molecule has 0 aromatic carbocycles. The second-order valence-electron chi connectivity index (χ2n) is 9.27. The molecule has 0 fully saturated rings. The van der Waals surface area contributed by atoms with E-state index in [0.29, 0.717) is 43.4 Å². The van der Waals surface area contributed by atoms with Crippen molar-refractivity contribution in [2.24, 2.45) is 10.8 Å². The Bertz CT molecular complexity index is 643. The van der Waals surface area contributed by atoms with E-state index in [0.717, 1.165) is 6.42 Å². The minimum atomic E-state index is -3.97. The molecule has 1 atom stereocenters. The molecule has 29 heavy (non-hydrogen) atoms. The second kappa shape index (κ2) is 11.3. The second-order valence-corrected chi connectivity index (χ2v) is 10.8. The summed E-state index contributed by atoms with van der Waals surface area (Å²) in [7, 11) is -0.159. The first-order chi connectivity index (χ1) is 13.1. The molecule has 0 heterocycles. The van der Waals surface area contributed by atoms with Crippen molar-refractivity contribution in [3.05, 3.63) is 0 Å². The maximum atomic E-state index is 12.6. The Labute approximate surface area is 176 Å².